The maximum Gasteiger partial charge on any atom is 0.187 e. The molecule has 0 bridgehead atoms. The number of likely N-dealkylation sites (tertiary alicyclic amines) is 1. The molecule has 1 aromatic heterocycles. The van der Waals surface area contributed by atoms with Crippen molar-refractivity contribution in [3.8, 4) is 0 Å². The molecule has 1 unspecified atom stereocenters. The van der Waals surface area contributed by atoms with Gasteiger partial charge in [0, 0.05) is 11.0 Å². The zero-order valence-corrected chi connectivity index (χ0v) is 12.5. The molecular formula is C13H18BrNOS. The predicted molar refractivity (Wildman–Crippen MR) is 75.8 cm³/mol. The standard InChI is InChI=1S/C13H18BrNOS/c1-2-3-10-4-6-15(8-10)9-12(16)13-11(14)5-7-17-13/h5,7,10H,2-4,6,8-9H2,1H3. The third kappa shape index (κ3) is 3.39. The first kappa shape index (κ1) is 13.2. The van der Waals surface area contributed by atoms with Crippen molar-refractivity contribution in [2.24, 2.45) is 5.92 Å². The van der Waals surface area contributed by atoms with Crippen LogP contribution in [0, 0.1) is 5.92 Å². The lowest BCUT2D eigenvalue weighted by Gasteiger charge is -2.14. The molecule has 0 aliphatic carbocycles. The van der Waals surface area contributed by atoms with Crippen LogP contribution >= 0.6 is 27.3 Å². The van der Waals surface area contributed by atoms with Crippen LogP contribution in [-0.4, -0.2) is 30.3 Å². The van der Waals surface area contributed by atoms with E-state index < -0.39 is 0 Å². The van der Waals surface area contributed by atoms with E-state index in [9.17, 15) is 4.79 Å². The first-order valence-electron chi connectivity index (χ1n) is 6.19. The fourth-order valence-corrected chi connectivity index (χ4v) is 3.99. The predicted octanol–water partition coefficient (Wildman–Crippen LogP) is 3.82. The zero-order chi connectivity index (χ0) is 12.3. The van der Waals surface area contributed by atoms with Gasteiger partial charge >= 0.3 is 0 Å². The summed E-state index contributed by atoms with van der Waals surface area (Å²) >= 11 is 4.95. The van der Waals surface area contributed by atoms with Crippen molar-refractivity contribution < 1.29 is 4.79 Å². The van der Waals surface area contributed by atoms with Crippen molar-refractivity contribution in [2.75, 3.05) is 19.6 Å². The lowest BCUT2D eigenvalue weighted by atomic mass is 10.0. The number of carbonyl (C=O) groups is 1. The Bertz CT molecular complexity index is 391. The van der Waals surface area contributed by atoms with Gasteiger partial charge in [0.15, 0.2) is 5.78 Å². The Hall–Kier alpha value is -0.190. The molecule has 1 saturated heterocycles. The summed E-state index contributed by atoms with van der Waals surface area (Å²) in [5.41, 5.74) is 0. The second kappa shape index (κ2) is 6.12. The van der Waals surface area contributed by atoms with E-state index in [1.165, 1.54) is 30.6 Å². The molecule has 2 rings (SSSR count). The van der Waals surface area contributed by atoms with E-state index in [1.54, 1.807) is 0 Å². The smallest absolute Gasteiger partial charge is 0.187 e. The Morgan fingerprint density at radius 3 is 3.12 bits per heavy atom. The van der Waals surface area contributed by atoms with Crippen LogP contribution in [0.4, 0.5) is 0 Å². The topological polar surface area (TPSA) is 20.3 Å². The SMILES string of the molecule is CCCC1CCN(CC(=O)c2sccc2Br)C1. The molecule has 0 aromatic carbocycles. The molecule has 0 N–H and O–H groups in total. The van der Waals surface area contributed by atoms with Gasteiger partial charge in [-0.15, -0.1) is 11.3 Å². The number of carbonyl (C=O) groups excluding carboxylic acids is 1. The van der Waals surface area contributed by atoms with Crippen molar-refractivity contribution in [1.29, 1.82) is 0 Å². The maximum absolute atomic E-state index is 12.1. The highest BCUT2D eigenvalue weighted by atomic mass is 79.9. The average molecular weight is 316 g/mol. The molecule has 17 heavy (non-hydrogen) atoms. The number of hydrogen-bond donors (Lipinski definition) is 0. The molecule has 1 aromatic rings. The average Bonchev–Trinajstić information content (AvgIpc) is 2.88. The van der Waals surface area contributed by atoms with Gasteiger partial charge in [-0.1, -0.05) is 13.3 Å². The molecule has 0 radical (unpaired) electrons. The summed E-state index contributed by atoms with van der Waals surface area (Å²) in [6.07, 6.45) is 3.81. The van der Waals surface area contributed by atoms with E-state index in [0.717, 1.165) is 28.4 Å². The molecule has 0 saturated carbocycles. The number of nitrogens with zero attached hydrogens (tertiary/aromatic N) is 1. The monoisotopic (exact) mass is 315 g/mol. The summed E-state index contributed by atoms with van der Waals surface area (Å²) in [6, 6.07) is 1.95. The van der Waals surface area contributed by atoms with Crippen molar-refractivity contribution in [2.45, 2.75) is 26.2 Å². The summed E-state index contributed by atoms with van der Waals surface area (Å²) < 4.78 is 0.941. The third-order valence-corrected chi connectivity index (χ3v) is 5.18. The van der Waals surface area contributed by atoms with E-state index in [0.29, 0.717) is 6.54 Å². The molecule has 4 heteroatoms. The van der Waals surface area contributed by atoms with Gasteiger partial charge in [0.1, 0.15) is 0 Å². The highest BCUT2D eigenvalue weighted by Crippen LogP contribution is 2.25. The zero-order valence-electron chi connectivity index (χ0n) is 10.1. The van der Waals surface area contributed by atoms with Crippen molar-refractivity contribution in [3.63, 3.8) is 0 Å². The highest BCUT2D eigenvalue weighted by molar-refractivity contribution is 9.10. The number of rotatable bonds is 5. The van der Waals surface area contributed by atoms with E-state index >= 15 is 0 Å². The minimum atomic E-state index is 0.254. The minimum Gasteiger partial charge on any atom is -0.295 e. The fourth-order valence-electron chi connectivity index (χ4n) is 2.47. The van der Waals surface area contributed by atoms with Gasteiger partial charge in [-0.3, -0.25) is 9.69 Å². The largest absolute Gasteiger partial charge is 0.295 e. The molecule has 2 nitrogen and oxygen atoms in total. The summed E-state index contributed by atoms with van der Waals surface area (Å²) in [7, 11) is 0. The Kier molecular flexibility index (Phi) is 4.77. The molecular weight excluding hydrogens is 298 g/mol. The normalized spacial score (nSPS) is 20.9. The number of hydrogen-bond acceptors (Lipinski definition) is 3. The molecule has 1 atom stereocenters. The summed E-state index contributed by atoms with van der Waals surface area (Å²) in [5, 5.41) is 1.96. The summed E-state index contributed by atoms with van der Waals surface area (Å²) in [6.45, 7) is 5.00. The Balaban J connectivity index is 1.86. The molecule has 0 amide bonds. The first-order valence-corrected chi connectivity index (χ1v) is 7.86. The van der Waals surface area contributed by atoms with E-state index in [-0.39, 0.29) is 5.78 Å². The van der Waals surface area contributed by atoms with Gasteiger partial charge in [0.25, 0.3) is 0 Å². The van der Waals surface area contributed by atoms with E-state index in [4.69, 9.17) is 0 Å². The van der Waals surface area contributed by atoms with Gasteiger partial charge in [-0.2, -0.15) is 0 Å². The quantitative estimate of drug-likeness (QED) is 0.770. The fraction of sp³-hybridized carbons (Fsp3) is 0.615. The molecule has 1 fully saturated rings. The van der Waals surface area contributed by atoms with Crippen LogP contribution < -0.4 is 0 Å². The van der Waals surface area contributed by atoms with Crippen LogP contribution in [0.2, 0.25) is 0 Å². The number of ketones is 1. The second-order valence-electron chi connectivity index (χ2n) is 4.70. The Labute approximate surface area is 115 Å². The molecule has 94 valence electrons. The van der Waals surface area contributed by atoms with Crippen LogP contribution in [0.5, 0.6) is 0 Å². The van der Waals surface area contributed by atoms with Crippen molar-refractivity contribution >= 4 is 33.0 Å². The number of Topliss-reactive ketones (excluding diaryl/α,β-unsaturated/α-hetero) is 1. The Morgan fingerprint density at radius 1 is 1.65 bits per heavy atom. The maximum atomic E-state index is 12.1. The van der Waals surface area contributed by atoms with Gasteiger partial charge in [0.2, 0.25) is 0 Å². The molecule has 1 aliphatic rings. The number of halogens is 1. The minimum absolute atomic E-state index is 0.254. The van der Waals surface area contributed by atoms with Gasteiger partial charge in [-0.25, -0.2) is 0 Å². The molecule has 0 spiro atoms. The second-order valence-corrected chi connectivity index (χ2v) is 6.47. The van der Waals surface area contributed by atoms with Crippen molar-refractivity contribution in [1.82, 2.24) is 4.90 Å². The summed E-state index contributed by atoms with van der Waals surface area (Å²) in [5.74, 6) is 1.06. The first-order chi connectivity index (χ1) is 8.20. The van der Waals surface area contributed by atoms with Crippen LogP contribution in [0.3, 0.4) is 0 Å². The lowest BCUT2D eigenvalue weighted by Crippen LogP contribution is -2.27. The molecule has 1 aliphatic heterocycles. The van der Waals surface area contributed by atoms with Crippen LogP contribution in [0.25, 0.3) is 0 Å². The molecule has 2 heterocycles. The highest BCUT2D eigenvalue weighted by Gasteiger charge is 2.24. The van der Waals surface area contributed by atoms with Crippen molar-refractivity contribution in [3.05, 3.63) is 20.8 Å². The van der Waals surface area contributed by atoms with Crippen LogP contribution in [0.1, 0.15) is 35.9 Å². The van der Waals surface area contributed by atoms with Crippen LogP contribution in [0.15, 0.2) is 15.9 Å². The Morgan fingerprint density at radius 2 is 2.47 bits per heavy atom. The van der Waals surface area contributed by atoms with Gasteiger partial charge < -0.3 is 0 Å². The number of thiophene rings is 1. The summed E-state index contributed by atoms with van der Waals surface area (Å²) in [4.78, 5) is 15.3. The lowest BCUT2D eigenvalue weighted by molar-refractivity contribution is 0.0946. The van der Waals surface area contributed by atoms with E-state index in [1.807, 2.05) is 11.4 Å². The van der Waals surface area contributed by atoms with Gasteiger partial charge in [-0.05, 0) is 52.7 Å². The third-order valence-electron chi connectivity index (χ3n) is 3.30. The van der Waals surface area contributed by atoms with Crippen LogP contribution in [-0.2, 0) is 0 Å². The van der Waals surface area contributed by atoms with Gasteiger partial charge in [0.05, 0.1) is 11.4 Å². The van der Waals surface area contributed by atoms with E-state index in [2.05, 4.69) is 27.8 Å².